The predicted octanol–water partition coefficient (Wildman–Crippen LogP) is 5.94. The molecule has 2 atom stereocenters. The summed E-state index contributed by atoms with van der Waals surface area (Å²) in [7, 11) is 0. The standard InChI is InChI=1S/C23H27F4N3/c1-6-14-8-15(11-28-14)30-13(3)16-9-20(25)17(10-19(16)24)22-21(26)18(23(4,5)27)7-12(2)29-22/h7,9-11,13-14,28,30H,6,8H2,1-5H3. The van der Waals surface area contributed by atoms with E-state index in [1.54, 1.807) is 13.8 Å². The molecule has 0 aliphatic carbocycles. The van der Waals surface area contributed by atoms with Crippen LogP contribution in [0.4, 0.5) is 17.6 Å². The van der Waals surface area contributed by atoms with E-state index in [0.717, 1.165) is 30.7 Å². The lowest BCUT2D eigenvalue weighted by Crippen LogP contribution is -2.21. The molecule has 3 rings (SSSR count). The van der Waals surface area contributed by atoms with E-state index < -0.39 is 34.9 Å². The van der Waals surface area contributed by atoms with Crippen LogP contribution in [0.1, 0.15) is 63.4 Å². The second-order valence-corrected chi connectivity index (χ2v) is 8.31. The van der Waals surface area contributed by atoms with Crippen LogP contribution in [0.25, 0.3) is 11.3 Å². The maximum Gasteiger partial charge on any atom is 0.155 e. The van der Waals surface area contributed by atoms with Crippen molar-refractivity contribution in [3.63, 3.8) is 0 Å². The third-order valence-electron chi connectivity index (χ3n) is 5.39. The zero-order valence-corrected chi connectivity index (χ0v) is 17.8. The first kappa shape index (κ1) is 22.1. The molecular formula is C23H27F4N3. The Morgan fingerprint density at radius 3 is 2.50 bits per heavy atom. The molecule has 0 saturated carbocycles. The van der Waals surface area contributed by atoms with Gasteiger partial charge in [-0.25, -0.2) is 22.5 Å². The number of hydrogen-bond donors (Lipinski definition) is 2. The van der Waals surface area contributed by atoms with E-state index in [1.165, 1.54) is 19.9 Å². The van der Waals surface area contributed by atoms with Crippen molar-refractivity contribution >= 4 is 0 Å². The van der Waals surface area contributed by atoms with E-state index in [9.17, 15) is 17.6 Å². The molecule has 1 aliphatic rings. The lowest BCUT2D eigenvalue weighted by Gasteiger charge is -2.20. The number of aromatic nitrogens is 1. The van der Waals surface area contributed by atoms with Crippen LogP contribution in [0.2, 0.25) is 0 Å². The molecule has 3 nitrogen and oxygen atoms in total. The van der Waals surface area contributed by atoms with Crippen LogP contribution in [0, 0.1) is 24.4 Å². The van der Waals surface area contributed by atoms with Crippen LogP contribution in [-0.2, 0) is 5.67 Å². The third-order valence-corrected chi connectivity index (χ3v) is 5.39. The van der Waals surface area contributed by atoms with Crippen molar-refractivity contribution in [1.29, 1.82) is 0 Å². The Bertz CT molecular complexity index is 979. The minimum Gasteiger partial charge on any atom is -0.386 e. The number of halogens is 4. The zero-order valence-electron chi connectivity index (χ0n) is 17.8. The Hall–Kier alpha value is -2.57. The normalized spacial score (nSPS) is 17.5. The summed E-state index contributed by atoms with van der Waals surface area (Å²) in [4.78, 5) is 4.01. The Kier molecular flexibility index (Phi) is 6.11. The van der Waals surface area contributed by atoms with E-state index in [1.807, 2.05) is 6.20 Å². The third kappa shape index (κ3) is 4.45. The van der Waals surface area contributed by atoms with Crippen molar-refractivity contribution in [2.24, 2.45) is 0 Å². The van der Waals surface area contributed by atoms with Crippen LogP contribution in [0.15, 0.2) is 30.1 Å². The molecule has 2 N–H and O–H groups in total. The molecule has 1 aromatic carbocycles. The number of hydrogen-bond acceptors (Lipinski definition) is 3. The lowest BCUT2D eigenvalue weighted by atomic mass is 9.95. The maximum atomic E-state index is 14.9. The van der Waals surface area contributed by atoms with Crippen molar-refractivity contribution < 1.29 is 17.6 Å². The van der Waals surface area contributed by atoms with Crippen molar-refractivity contribution in [1.82, 2.24) is 15.6 Å². The van der Waals surface area contributed by atoms with Gasteiger partial charge in [-0.2, -0.15) is 0 Å². The van der Waals surface area contributed by atoms with Crippen molar-refractivity contribution in [3.05, 3.63) is 64.4 Å². The first-order valence-electron chi connectivity index (χ1n) is 10.1. The average Bonchev–Trinajstić information content (AvgIpc) is 3.11. The summed E-state index contributed by atoms with van der Waals surface area (Å²) in [6.45, 7) is 7.77. The average molecular weight is 421 g/mol. The van der Waals surface area contributed by atoms with Gasteiger partial charge in [-0.1, -0.05) is 6.92 Å². The highest BCUT2D eigenvalue weighted by molar-refractivity contribution is 5.63. The Labute approximate surface area is 174 Å². The summed E-state index contributed by atoms with van der Waals surface area (Å²) >= 11 is 0. The summed E-state index contributed by atoms with van der Waals surface area (Å²) in [5.74, 6) is -2.49. The van der Waals surface area contributed by atoms with Gasteiger partial charge in [0.15, 0.2) is 5.82 Å². The SMILES string of the molecule is CCC1CC(NC(C)c2cc(F)c(-c3nc(C)cc(C(C)(C)F)c3F)cc2F)=CN1. The monoisotopic (exact) mass is 421 g/mol. The lowest BCUT2D eigenvalue weighted by molar-refractivity contribution is 0.213. The molecule has 0 spiro atoms. The number of benzene rings is 1. The molecular weight excluding hydrogens is 394 g/mol. The number of aryl methyl sites for hydroxylation is 1. The molecule has 7 heteroatoms. The summed E-state index contributed by atoms with van der Waals surface area (Å²) in [5, 5.41) is 6.41. The van der Waals surface area contributed by atoms with E-state index >= 15 is 0 Å². The van der Waals surface area contributed by atoms with Gasteiger partial charge in [0, 0.05) is 46.7 Å². The zero-order chi connectivity index (χ0) is 22.2. The molecule has 0 amide bonds. The van der Waals surface area contributed by atoms with Gasteiger partial charge >= 0.3 is 0 Å². The summed E-state index contributed by atoms with van der Waals surface area (Å²) in [5.41, 5.74) is -1.60. The molecule has 0 saturated heterocycles. The fraction of sp³-hybridized carbons (Fsp3) is 0.435. The Balaban J connectivity index is 1.95. The highest BCUT2D eigenvalue weighted by Gasteiger charge is 2.28. The number of rotatable bonds is 6. The van der Waals surface area contributed by atoms with Gasteiger partial charge in [-0.15, -0.1) is 0 Å². The van der Waals surface area contributed by atoms with Crippen LogP contribution in [0.5, 0.6) is 0 Å². The minimum atomic E-state index is -1.99. The predicted molar refractivity (Wildman–Crippen MR) is 110 cm³/mol. The van der Waals surface area contributed by atoms with Gasteiger partial charge < -0.3 is 10.6 Å². The van der Waals surface area contributed by atoms with Crippen LogP contribution < -0.4 is 10.6 Å². The summed E-state index contributed by atoms with van der Waals surface area (Å²) in [6.07, 6.45) is 3.59. The van der Waals surface area contributed by atoms with Crippen LogP contribution in [-0.4, -0.2) is 11.0 Å². The van der Waals surface area contributed by atoms with Gasteiger partial charge in [0.1, 0.15) is 23.0 Å². The smallest absolute Gasteiger partial charge is 0.155 e. The second kappa shape index (κ2) is 8.28. The molecule has 1 aliphatic heterocycles. The fourth-order valence-electron chi connectivity index (χ4n) is 3.66. The highest BCUT2D eigenvalue weighted by Crippen LogP contribution is 2.35. The van der Waals surface area contributed by atoms with Gasteiger partial charge in [0.2, 0.25) is 0 Å². The minimum absolute atomic E-state index is 0.121. The van der Waals surface area contributed by atoms with Gasteiger partial charge in [-0.3, -0.25) is 0 Å². The molecule has 1 aromatic heterocycles. The quantitative estimate of drug-likeness (QED) is 0.567. The molecule has 0 radical (unpaired) electrons. The fourth-order valence-corrected chi connectivity index (χ4v) is 3.66. The van der Waals surface area contributed by atoms with E-state index in [4.69, 9.17) is 0 Å². The van der Waals surface area contributed by atoms with Crippen LogP contribution >= 0.6 is 0 Å². The van der Waals surface area contributed by atoms with E-state index in [0.29, 0.717) is 11.7 Å². The number of nitrogens with one attached hydrogen (secondary N) is 2. The van der Waals surface area contributed by atoms with Crippen LogP contribution in [0.3, 0.4) is 0 Å². The molecule has 2 heterocycles. The molecule has 30 heavy (non-hydrogen) atoms. The summed E-state index contributed by atoms with van der Waals surface area (Å²) < 4.78 is 59.1. The number of nitrogens with zero attached hydrogens (tertiary/aromatic N) is 1. The highest BCUT2D eigenvalue weighted by atomic mass is 19.2. The van der Waals surface area contributed by atoms with Gasteiger partial charge in [0.25, 0.3) is 0 Å². The maximum absolute atomic E-state index is 14.9. The van der Waals surface area contributed by atoms with E-state index in [2.05, 4.69) is 22.5 Å². The first-order valence-corrected chi connectivity index (χ1v) is 10.1. The van der Waals surface area contributed by atoms with Gasteiger partial charge in [-0.05, 0) is 52.3 Å². The molecule has 0 bridgehead atoms. The van der Waals surface area contributed by atoms with E-state index in [-0.39, 0.29) is 16.7 Å². The van der Waals surface area contributed by atoms with Crippen molar-refractivity contribution in [2.75, 3.05) is 0 Å². The van der Waals surface area contributed by atoms with Crippen molar-refractivity contribution in [3.8, 4) is 11.3 Å². The molecule has 0 fully saturated rings. The Morgan fingerprint density at radius 2 is 1.90 bits per heavy atom. The summed E-state index contributed by atoms with van der Waals surface area (Å²) in [6, 6.07) is 3.09. The number of alkyl halides is 1. The van der Waals surface area contributed by atoms with Crippen molar-refractivity contribution in [2.45, 2.75) is 65.2 Å². The molecule has 2 unspecified atom stereocenters. The topological polar surface area (TPSA) is 37.0 Å². The largest absolute Gasteiger partial charge is 0.386 e. The number of pyridine rings is 1. The van der Waals surface area contributed by atoms with Gasteiger partial charge in [0.05, 0.1) is 6.04 Å². The first-order chi connectivity index (χ1) is 14.0. The second-order valence-electron chi connectivity index (χ2n) is 8.31. The molecule has 2 aromatic rings. The Morgan fingerprint density at radius 1 is 1.20 bits per heavy atom. The molecule has 162 valence electrons.